The molecule has 0 bridgehead atoms. The lowest BCUT2D eigenvalue weighted by Gasteiger charge is -2.21. The van der Waals surface area contributed by atoms with Crippen molar-refractivity contribution in [3.63, 3.8) is 0 Å². The third-order valence-corrected chi connectivity index (χ3v) is 4.28. The van der Waals surface area contributed by atoms with Crippen LogP contribution in [-0.4, -0.2) is 45.8 Å². The van der Waals surface area contributed by atoms with E-state index < -0.39 is 0 Å². The first-order chi connectivity index (χ1) is 13.5. The molecule has 0 radical (unpaired) electrons. The summed E-state index contributed by atoms with van der Waals surface area (Å²) in [5.74, 6) is 0.0187. The number of rotatable bonds is 7. The summed E-state index contributed by atoms with van der Waals surface area (Å²) >= 11 is 0. The minimum absolute atomic E-state index is 0.0529. The molecule has 3 aromatic rings. The van der Waals surface area contributed by atoms with Gasteiger partial charge in [-0.15, -0.1) is 0 Å². The van der Waals surface area contributed by atoms with Crippen molar-refractivity contribution in [3.05, 3.63) is 54.0 Å². The van der Waals surface area contributed by atoms with Crippen molar-refractivity contribution in [2.75, 3.05) is 18.1 Å². The molecule has 0 saturated heterocycles. The Balaban J connectivity index is 1.93. The second-order valence-corrected chi connectivity index (χ2v) is 6.05. The van der Waals surface area contributed by atoms with Crippen LogP contribution in [0.4, 0.5) is 5.82 Å². The van der Waals surface area contributed by atoms with Gasteiger partial charge in [-0.2, -0.15) is 0 Å². The molecule has 1 amide bonds. The zero-order valence-corrected chi connectivity index (χ0v) is 15.7. The molecule has 0 spiro atoms. The summed E-state index contributed by atoms with van der Waals surface area (Å²) in [5.41, 5.74) is 1.67. The predicted octanol–water partition coefficient (Wildman–Crippen LogP) is 2.38. The van der Waals surface area contributed by atoms with Crippen LogP contribution in [-0.2, 0) is 16.6 Å². The summed E-state index contributed by atoms with van der Waals surface area (Å²) in [6.07, 6.45) is 2.30. The lowest BCUT2D eigenvalue weighted by Crippen LogP contribution is -2.34. The van der Waals surface area contributed by atoms with E-state index in [1.807, 2.05) is 0 Å². The normalized spacial score (nSPS) is 10.6. The summed E-state index contributed by atoms with van der Waals surface area (Å²) in [4.78, 5) is 45.9. The van der Waals surface area contributed by atoms with Gasteiger partial charge in [0.15, 0.2) is 12.1 Å². The van der Waals surface area contributed by atoms with Crippen molar-refractivity contribution in [2.24, 2.45) is 7.05 Å². The number of pyridine rings is 1. The highest BCUT2D eigenvalue weighted by atomic mass is 16.5. The molecule has 0 aliphatic rings. The van der Waals surface area contributed by atoms with Crippen LogP contribution < -0.4 is 4.90 Å². The van der Waals surface area contributed by atoms with E-state index in [2.05, 4.69) is 9.97 Å². The Morgan fingerprint density at radius 3 is 2.75 bits per heavy atom. The minimum Gasteiger partial charge on any atom is -0.466 e. The summed E-state index contributed by atoms with van der Waals surface area (Å²) < 4.78 is 6.62. The fraction of sp³-hybridized carbons (Fsp3) is 0.250. The van der Waals surface area contributed by atoms with Gasteiger partial charge in [-0.25, -0.2) is 9.97 Å². The molecule has 1 aromatic carbocycles. The number of benzene rings is 1. The van der Waals surface area contributed by atoms with E-state index in [0.717, 1.165) is 5.52 Å². The molecule has 8 heteroatoms. The van der Waals surface area contributed by atoms with Crippen LogP contribution in [0.5, 0.6) is 0 Å². The number of aromatic nitrogens is 3. The SMILES string of the molecule is CCOC(=O)CCN(C(=O)c1ccc2c(c1)nc(C=O)n2C)c1ccccn1. The third kappa shape index (κ3) is 3.90. The number of amides is 1. The predicted molar refractivity (Wildman–Crippen MR) is 103 cm³/mol. The Kier molecular flexibility index (Phi) is 5.78. The number of hydrogen-bond donors (Lipinski definition) is 0. The van der Waals surface area contributed by atoms with E-state index in [-0.39, 0.29) is 37.3 Å². The number of hydrogen-bond acceptors (Lipinski definition) is 6. The maximum Gasteiger partial charge on any atom is 0.307 e. The Bertz CT molecular complexity index is 1010. The number of carbonyl (C=O) groups is 3. The van der Waals surface area contributed by atoms with E-state index in [1.165, 1.54) is 4.90 Å². The number of esters is 1. The molecule has 0 atom stereocenters. The van der Waals surface area contributed by atoms with Gasteiger partial charge in [-0.1, -0.05) is 6.07 Å². The molecule has 0 aliphatic carbocycles. The monoisotopic (exact) mass is 380 g/mol. The van der Waals surface area contributed by atoms with Gasteiger partial charge in [0, 0.05) is 25.4 Å². The van der Waals surface area contributed by atoms with Crippen LogP contribution in [0.2, 0.25) is 0 Å². The first-order valence-corrected chi connectivity index (χ1v) is 8.85. The number of fused-ring (bicyclic) bond motifs is 1. The van der Waals surface area contributed by atoms with Gasteiger partial charge in [-0.05, 0) is 37.3 Å². The van der Waals surface area contributed by atoms with Crippen molar-refractivity contribution in [2.45, 2.75) is 13.3 Å². The fourth-order valence-corrected chi connectivity index (χ4v) is 2.88. The Morgan fingerprint density at radius 1 is 1.25 bits per heavy atom. The Morgan fingerprint density at radius 2 is 2.07 bits per heavy atom. The maximum atomic E-state index is 13.2. The standard InChI is InChI=1S/C20H20N4O4/c1-3-28-19(26)9-11-24(17-6-4-5-10-21-17)20(27)14-7-8-16-15(12-14)22-18(13-25)23(16)2/h4-8,10,12-13H,3,9,11H2,1-2H3. The highest BCUT2D eigenvalue weighted by Crippen LogP contribution is 2.20. The second kappa shape index (κ2) is 8.43. The van der Waals surface area contributed by atoms with Crippen LogP contribution in [0.15, 0.2) is 42.6 Å². The number of ether oxygens (including phenoxy) is 1. The number of aldehydes is 1. The van der Waals surface area contributed by atoms with Gasteiger partial charge >= 0.3 is 5.97 Å². The molecular weight excluding hydrogens is 360 g/mol. The quantitative estimate of drug-likeness (QED) is 0.461. The Labute approximate surface area is 161 Å². The van der Waals surface area contributed by atoms with Gasteiger partial charge in [0.05, 0.1) is 24.1 Å². The smallest absolute Gasteiger partial charge is 0.307 e. The molecule has 0 aliphatic heterocycles. The molecule has 0 N–H and O–H groups in total. The highest BCUT2D eigenvalue weighted by molar-refractivity contribution is 6.07. The second-order valence-electron chi connectivity index (χ2n) is 6.05. The van der Waals surface area contributed by atoms with E-state index in [0.29, 0.717) is 23.2 Å². The highest BCUT2D eigenvalue weighted by Gasteiger charge is 2.21. The van der Waals surface area contributed by atoms with Gasteiger partial charge < -0.3 is 9.30 Å². The summed E-state index contributed by atoms with van der Waals surface area (Å²) in [6.45, 7) is 2.15. The van der Waals surface area contributed by atoms with Crippen molar-refractivity contribution in [1.82, 2.24) is 14.5 Å². The number of nitrogens with zero attached hydrogens (tertiary/aromatic N) is 4. The molecule has 144 valence electrons. The van der Waals surface area contributed by atoms with Crippen LogP contribution >= 0.6 is 0 Å². The first-order valence-electron chi connectivity index (χ1n) is 8.85. The van der Waals surface area contributed by atoms with E-state index in [9.17, 15) is 14.4 Å². The van der Waals surface area contributed by atoms with E-state index in [4.69, 9.17) is 4.74 Å². The first kappa shape index (κ1) is 19.2. The molecule has 28 heavy (non-hydrogen) atoms. The largest absolute Gasteiger partial charge is 0.466 e. The van der Waals surface area contributed by atoms with Gasteiger partial charge in [-0.3, -0.25) is 19.3 Å². The lowest BCUT2D eigenvalue weighted by molar-refractivity contribution is -0.142. The van der Waals surface area contributed by atoms with Gasteiger partial charge in [0.1, 0.15) is 5.82 Å². The van der Waals surface area contributed by atoms with E-state index in [1.54, 1.807) is 61.1 Å². The number of aryl methyl sites for hydroxylation is 1. The summed E-state index contributed by atoms with van der Waals surface area (Å²) in [5, 5.41) is 0. The van der Waals surface area contributed by atoms with Crippen LogP contribution in [0.3, 0.4) is 0 Å². The molecular formula is C20H20N4O4. The third-order valence-electron chi connectivity index (χ3n) is 4.28. The van der Waals surface area contributed by atoms with Gasteiger partial charge in [0.25, 0.3) is 5.91 Å². The molecule has 8 nitrogen and oxygen atoms in total. The van der Waals surface area contributed by atoms with E-state index >= 15 is 0 Å². The number of anilines is 1. The number of carbonyl (C=O) groups excluding carboxylic acids is 3. The van der Waals surface area contributed by atoms with Crippen molar-refractivity contribution >= 4 is 35.0 Å². The van der Waals surface area contributed by atoms with Crippen molar-refractivity contribution in [3.8, 4) is 0 Å². The van der Waals surface area contributed by atoms with Gasteiger partial charge in [0.2, 0.25) is 0 Å². The van der Waals surface area contributed by atoms with Crippen LogP contribution in [0, 0.1) is 0 Å². The zero-order valence-electron chi connectivity index (χ0n) is 15.7. The average molecular weight is 380 g/mol. The molecule has 0 fully saturated rings. The lowest BCUT2D eigenvalue weighted by atomic mass is 10.1. The molecule has 3 rings (SSSR count). The molecule has 0 unspecified atom stereocenters. The molecule has 2 aromatic heterocycles. The zero-order chi connectivity index (χ0) is 20.1. The van der Waals surface area contributed by atoms with Crippen molar-refractivity contribution in [1.29, 1.82) is 0 Å². The fourth-order valence-electron chi connectivity index (χ4n) is 2.88. The molecule has 2 heterocycles. The topological polar surface area (TPSA) is 94.4 Å². The molecule has 0 saturated carbocycles. The minimum atomic E-state index is -0.382. The van der Waals surface area contributed by atoms with Crippen LogP contribution in [0.25, 0.3) is 11.0 Å². The number of imidazole rings is 1. The summed E-state index contributed by atoms with van der Waals surface area (Å²) in [7, 11) is 1.74. The Hall–Kier alpha value is -3.55. The summed E-state index contributed by atoms with van der Waals surface area (Å²) in [6, 6.07) is 10.3. The average Bonchev–Trinajstić information content (AvgIpc) is 3.04. The van der Waals surface area contributed by atoms with Crippen LogP contribution in [0.1, 0.15) is 34.3 Å². The maximum absolute atomic E-state index is 13.2. The van der Waals surface area contributed by atoms with Crippen molar-refractivity contribution < 1.29 is 19.1 Å².